The molecule has 2 N–H and O–H groups in total. The van der Waals surface area contributed by atoms with Crippen LogP contribution >= 0.6 is 0 Å². The molecule has 6 nitrogen and oxygen atoms in total. The lowest BCUT2D eigenvalue weighted by atomic mass is 10.1. The molecule has 0 spiro atoms. The van der Waals surface area contributed by atoms with Crippen molar-refractivity contribution in [3.8, 4) is 0 Å². The van der Waals surface area contributed by atoms with Crippen molar-refractivity contribution in [3.63, 3.8) is 0 Å². The third-order valence-electron chi connectivity index (χ3n) is 3.13. The van der Waals surface area contributed by atoms with E-state index < -0.39 is 0 Å². The summed E-state index contributed by atoms with van der Waals surface area (Å²) < 4.78 is 0. The van der Waals surface area contributed by atoms with E-state index in [9.17, 15) is 9.59 Å². The van der Waals surface area contributed by atoms with E-state index in [1.165, 1.54) is 0 Å². The minimum absolute atomic E-state index is 0.306. The van der Waals surface area contributed by atoms with Gasteiger partial charge in [0.2, 0.25) is 0 Å². The van der Waals surface area contributed by atoms with Crippen molar-refractivity contribution >= 4 is 23.2 Å². The van der Waals surface area contributed by atoms with Gasteiger partial charge in [0, 0.05) is 22.6 Å². The molecule has 0 aliphatic heterocycles. The molecule has 0 aliphatic rings. The van der Waals surface area contributed by atoms with Crippen LogP contribution in [0.2, 0.25) is 0 Å². The van der Waals surface area contributed by atoms with Crippen LogP contribution in [0, 0.1) is 0 Å². The molecule has 0 radical (unpaired) electrons. The molecule has 118 valence electrons. The largest absolute Gasteiger partial charge is 0.271 e. The Labute approximate surface area is 130 Å². The Balaban J connectivity index is 2.70. The van der Waals surface area contributed by atoms with Crippen molar-refractivity contribution in [2.24, 2.45) is 10.2 Å². The second-order valence-electron chi connectivity index (χ2n) is 4.86. The Bertz CT molecular complexity index is 536. The number of hydrazone groups is 2. The third-order valence-corrected chi connectivity index (χ3v) is 3.13. The Morgan fingerprint density at radius 2 is 1.14 bits per heavy atom. The first-order valence-electron chi connectivity index (χ1n) is 7.25. The van der Waals surface area contributed by atoms with Gasteiger partial charge in [-0.2, -0.15) is 10.2 Å². The monoisotopic (exact) mass is 302 g/mol. The summed E-state index contributed by atoms with van der Waals surface area (Å²) in [5.74, 6) is -0.612. The molecule has 0 saturated heterocycles. The standard InChI is InChI=1S/C16H22N4O2/c1-5-11(3)17-19-15(21)13-7-9-14(10-8-13)16(22)20-18-12(4)6-2/h7-10H,5-6H2,1-4H3,(H,19,21)(H,20,22)/b17-11-,18-12+. The van der Waals surface area contributed by atoms with Gasteiger partial charge in [0.05, 0.1) is 0 Å². The summed E-state index contributed by atoms with van der Waals surface area (Å²) in [5.41, 5.74) is 7.51. The fourth-order valence-corrected chi connectivity index (χ4v) is 1.35. The topological polar surface area (TPSA) is 82.9 Å². The van der Waals surface area contributed by atoms with E-state index in [4.69, 9.17) is 0 Å². The van der Waals surface area contributed by atoms with Crippen LogP contribution in [0.15, 0.2) is 34.5 Å². The second-order valence-corrected chi connectivity index (χ2v) is 4.86. The van der Waals surface area contributed by atoms with Gasteiger partial charge in [0.1, 0.15) is 0 Å². The summed E-state index contributed by atoms with van der Waals surface area (Å²) in [4.78, 5) is 23.7. The zero-order chi connectivity index (χ0) is 16.5. The number of nitrogens with zero attached hydrogens (tertiary/aromatic N) is 2. The van der Waals surface area contributed by atoms with Gasteiger partial charge in [-0.25, -0.2) is 10.9 Å². The van der Waals surface area contributed by atoms with E-state index in [1.807, 2.05) is 27.7 Å². The Hall–Kier alpha value is -2.50. The van der Waals surface area contributed by atoms with Gasteiger partial charge in [0.25, 0.3) is 11.8 Å². The molecule has 22 heavy (non-hydrogen) atoms. The summed E-state index contributed by atoms with van der Waals surface area (Å²) in [6.45, 7) is 7.60. The van der Waals surface area contributed by atoms with Gasteiger partial charge in [-0.3, -0.25) is 9.59 Å². The predicted octanol–water partition coefficient (Wildman–Crippen LogP) is 2.72. The number of amides is 2. The van der Waals surface area contributed by atoms with E-state index in [0.717, 1.165) is 24.3 Å². The molecule has 2 amide bonds. The van der Waals surface area contributed by atoms with E-state index in [2.05, 4.69) is 21.1 Å². The predicted molar refractivity (Wildman–Crippen MR) is 88.2 cm³/mol. The average Bonchev–Trinajstić information content (AvgIpc) is 2.56. The first-order chi connectivity index (χ1) is 10.5. The fraction of sp³-hybridized carbons (Fsp3) is 0.375. The van der Waals surface area contributed by atoms with Gasteiger partial charge in [-0.15, -0.1) is 0 Å². The molecule has 0 unspecified atom stereocenters. The van der Waals surface area contributed by atoms with Gasteiger partial charge in [-0.1, -0.05) is 13.8 Å². The van der Waals surface area contributed by atoms with Gasteiger partial charge < -0.3 is 0 Å². The summed E-state index contributed by atoms with van der Waals surface area (Å²) in [7, 11) is 0. The first kappa shape index (κ1) is 17.6. The summed E-state index contributed by atoms with van der Waals surface area (Å²) in [5, 5.41) is 7.91. The molecule has 1 aromatic carbocycles. The van der Waals surface area contributed by atoms with Crippen LogP contribution < -0.4 is 10.9 Å². The lowest BCUT2D eigenvalue weighted by molar-refractivity contribution is 0.0943. The van der Waals surface area contributed by atoms with Crippen LogP contribution in [0.1, 0.15) is 61.3 Å². The molecular weight excluding hydrogens is 280 g/mol. The highest BCUT2D eigenvalue weighted by molar-refractivity contribution is 5.98. The lowest BCUT2D eigenvalue weighted by Crippen LogP contribution is -2.20. The molecule has 0 aliphatic carbocycles. The number of hydrogen-bond acceptors (Lipinski definition) is 4. The van der Waals surface area contributed by atoms with Crippen LogP contribution in [-0.4, -0.2) is 23.2 Å². The van der Waals surface area contributed by atoms with Crippen LogP contribution in [0.4, 0.5) is 0 Å². The number of hydrogen-bond donors (Lipinski definition) is 2. The van der Waals surface area contributed by atoms with Crippen molar-refractivity contribution in [3.05, 3.63) is 35.4 Å². The zero-order valence-electron chi connectivity index (χ0n) is 13.4. The number of nitrogens with one attached hydrogen (secondary N) is 2. The minimum atomic E-state index is -0.306. The molecule has 0 atom stereocenters. The molecule has 1 rings (SSSR count). The van der Waals surface area contributed by atoms with E-state index >= 15 is 0 Å². The lowest BCUT2D eigenvalue weighted by Gasteiger charge is -2.04. The van der Waals surface area contributed by atoms with E-state index in [-0.39, 0.29) is 11.8 Å². The Kier molecular flexibility index (Phi) is 6.95. The highest BCUT2D eigenvalue weighted by atomic mass is 16.2. The number of carbonyl (C=O) groups is 2. The first-order valence-corrected chi connectivity index (χ1v) is 7.25. The van der Waals surface area contributed by atoms with Crippen molar-refractivity contribution in [1.29, 1.82) is 0 Å². The van der Waals surface area contributed by atoms with Crippen molar-refractivity contribution in [2.75, 3.05) is 0 Å². The smallest absolute Gasteiger partial charge is 0.267 e. The number of carbonyl (C=O) groups excluding carboxylic acids is 2. The van der Waals surface area contributed by atoms with Gasteiger partial charge in [0.15, 0.2) is 0 Å². The minimum Gasteiger partial charge on any atom is -0.267 e. The highest BCUT2D eigenvalue weighted by Crippen LogP contribution is 2.05. The molecule has 0 fully saturated rings. The zero-order valence-corrected chi connectivity index (χ0v) is 13.4. The van der Waals surface area contributed by atoms with Crippen molar-refractivity contribution in [2.45, 2.75) is 40.5 Å². The number of benzene rings is 1. The molecular formula is C16H22N4O2. The van der Waals surface area contributed by atoms with Gasteiger partial charge >= 0.3 is 0 Å². The molecule has 0 heterocycles. The molecule has 0 aromatic heterocycles. The van der Waals surface area contributed by atoms with E-state index in [1.54, 1.807) is 24.3 Å². The van der Waals surface area contributed by atoms with E-state index in [0.29, 0.717) is 11.1 Å². The van der Waals surface area contributed by atoms with Crippen molar-refractivity contribution in [1.82, 2.24) is 10.9 Å². The Morgan fingerprint density at radius 1 is 0.818 bits per heavy atom. The highest BCUT2D eigenvalue weighted by Gasteiger charge is 2.08. The quantitative estimate of drug-likeness (QED) is 0.625. The average molecular weight is 302 g/mol. The van der Waals surface area contributed by atoms with Crippen LogP contribution in [0.5, 0.6) is 0 Å². The van der Waals surface area contributed by atoms with Crippen molar-refractivity contribution < 1.29 is 9.59 Å². The molecule has 0 saturated carbocycles. The normalized spacial score (nSPS) is 12.0. The molecule has 1 aromatic rings. The Morgan fingerprint density at radius 3 is 1.41 bits per heavy atom. The van der Waals surface area contributed by atoms with Gasteiger partial charge in [-0.05, 0) is 51.0 Å². The number of rotatable bonds is 6. The SMILES string of the molecule is CC/C(C)=N\NC(=O)c1ccc(C(=O)N/N=C(\C)CC)cc1. The van der Waals surface area contributed by atoms with Crippen LogP contribution in [-0.2, 0) is 0 Å². The summed E-state index contributed by atoms with van der Waals surface area (Å²) >= 11 is 0. The summed E-state index contributed by atoms with van der Waals surface area (Å²) in [6.07, 6.45) is 1.55. The second kappa shape index (κ2) is 8.71. The maximum atomic E-state index is 11.9. The maximum absolute atomic E-state index is 11.9. The van der Waals surface area contributed by atoms with Crippen LogP contribution in [0.3, 0.4) is 0 Å². The molecule has 6 heteroatoms. The molecule has 0 bridgehead atoms. The maximum Gasteiger partial charge on any atom is 0.271 e. The summed E-state index contributed by atoms with van der Waals surface area (Å²) in [6, 6.07) is 6.32. The van der Waals surface area contributed by atoms with Crippen LogP contribution in [0.25, 0.3) is 0 Å². The third kappa shape index (κ3) is 5.47. The fourth-order valence-electron chi connectivity index (χ4n) is 1.35.